The molecule has 5 heteroatoms. The Balaban J connectivity index is 1.65. The number of nitrogens with zero attached hydrogens (tertiary/aromatic N) is 2. The SMILES string of the molecule is CCCOc1ccc(C2=C(N3CCCc4ccccc43)C(=O)N(c3ccccc3C)C2=O)cc1. The molecule has 3 aromatic rings. The van der Waals surface area contributed by atoms with Crippen LogP contribution >= 0.6 is 0 Å². The number of imide groups is 1. The summed E-state index contributed by atoms with van der Waals surface area (Å²) in [5.74, 6) is 0.181. The molecule has 3 aromatic carbocycles. The van der Waals surface area contributed by atoms with Crippen LogP contribution in [-0.2, 0) is 16.0 Å². The van der Waals surface area contributed by atoms with Gasteiger partial charge in [-0.15, -0.1) is 0 Å². The zero-order valence-electron chi connectivity index (χ0n) is 19.6. The van der Waals surface area contributed by atoms with Crippen LogP contribution in [0.2, 0.25) is 0 Å². The summed E-state index contributed by atoms with van der Waals surface area (Å²) in [6.45, 7) is 5.30. The van der Waals surface area contributed by atoms with Gasteiger partial charge in [0, 0.05) is 12.2 Å². The Labute approximate surface area is 200 Å². The molecule has 5 rings (SSSR count). The summed E-state index contributed by atoms with van der Waals surface area (Å²) < 4.78 is 5.73. The summed E-state index contributed by atoms with van der Waals surface area (Å²) in [7, 11) is 0. The van der Waals surface area contributed by atoms with Crippen molar-refractivity contribution in [3.05, 3.63) is 95.2 Å². The van der Waals surface area contributed by atoms with Crippen molar-refractivity contribution >= 4 is 28.8 Å². The summed E-state index contributed by atoms with van der Waals surface area (Å²) in [5.41, 5.74) is 5.30. The maximum atomic E-state index is 14.0. The van der Waals surface area contributed by atoms with E-state index in [1.54, 1.807) is 0 Å². The summed E-state index contributed by atoms with van der Waals surface area (Å²) in [6, 6.07) is 23.2. The largest absolute Gasteiger partial charge is 0.494 e. The first-order valence-corrected chi connectivity index (χ1v) is 11.9. The van der Waals surface area contributed by atoms with Gasteiger partial charge in [-0.1, -0.05) is 55.5 Å². The number of rotatable bonds is 6. The van der Waals surface area contributed by atoms with E-state index < -0.39 is 0 Å². The predicted octanol–water partition coefficient (Wildman–Crippen LogP) is 5.52. The van der Waals surface area contributed by atoms with E-state index in [2.05, 4.69) is 13.0 Å². The van der Waals surface area contributed by atoms with Crippen molar-refractivity contribution in [3.63, 3.8) is 0 Å². The summed E-state index contributed by atoms with van der Waals surface area (Å²) in [5, 5.41) is 0. The molecule has 2 aliphatic heterocycles. The fourth-order valence-corrected chi connectivity index (χ4v) is 4.77. The number of aryl methyl sites for hydroxylation is 2. The van der Waals surface area contributed by atoms with Crippen molar-refractivity contribution in [1.82, 2.24) is 0 Å². The molecule has 0 saturated heterocycles. The number of ether oxygens (including phenoxy) is 1. The van der Waals surface area contributed by atoms with Crippen molar-refractivity contribution in [2.24, 2.45) is 0 Å². The van der Waals surface area contributed by atoms with Crippen LogP contribution in [0.5, 0.6) is 5.75 Å². The van der Waals surface area contributed by atoms with E-state index in [0.29, 0.717) is 30.1 Å². The third-order valence-corrected chi connectivity index (χ3v) is 6.41. The molecule has 2 heterocycles. The topological polar surface area (TPSA) is 49.9 Å². The number of fused-ring (bicyclic) bond motifs is 1. The Bertz CT molecular complexity index is 1280. The molecule has 2 amide bonds. The number of benzene rings is 3. The molecule has 0 saturated carbocycles. The highest BCUT2D eigenvalue weighted by Gasteiger charge is 2.44. The lowest BCUT2D eigenvalue weighted by molar-refractivity contribution is -0.120. The van der Waals surface area contributed by atoms with E-state index in [-0.39, 0.29) is 11.8 Å². The van der Waals surface area contributed by atoms with Crippen molar-refractivity contribution in [2.45, 2.75) is 33.1 Å². The summed E-state index contributed by atoms with van der Waals surface area (Å²) in [6.07, 6.45) is 2.80. The molecule has 0 radical (unpaired) electrons. The smallest absolute Gasteiger partial charge is 0.282 e. The zero-order chi connectivity index (χ0) is 23.7. The first-order valence-electron chi connectivity index (χ1n) is 11.9. The van der Waals surface area contributed by atoms with Crippen LogP contribution in [0.1, 0.15) is 36.5 Å². The molecule has 0 N–H and O–H groups in total. The Morgan fingerprint density at radius 3 is 2.29 bits per heavy atom. The van der Waals surface area contributed by atoms with Crippen molar-refractivity contribution < 1.29 is 14.3 Å². The average Bonchev–Trinajstić information content (AvgIpc) is 3.12. The molecule has 0 fully saturated rings. The van der Waals surface area contributed by atoms with Gasteiger partial charge in [0.2, 0.25) is 0 Å². The fraction of sp³-hybridized carbons (Fsp3) is 0.241. The highest BCUT2D eigenvalue weighted by molar-refractivity contribution is 6.46. The number of amides is 2. The van der Waals surface area contributed by atoms with Gasteiger partial charge in [-0.25, -0.2) is 4.90 Å². The van der Waals surface area contributed by atoms with Crippen LogP contribution in [0.15, 0.2) is 78.5 Å². The van der Waals surface area contributed by atoms with Crippen LogP contribution in [0.3, 0.4) is 0 Å². The quantitative estimate of drug-likeness (QED) is 0.462. The molecule has 0 unspecified atom stereocenters. The van der Waals surface area contributed by atoms with Crippen molar-refractivity contribution in [3.8, 4) is 5.75 Å². The molecule has 0 bridgehead atoms. The second kappa shape index (κ2) is 9.18. The molecule has 0 aromatic heterocycles. The van der Waals surface area contributed by atoms with Crippen LogP contribution in [0, 0.1) is 6.92 Å². The van der Waals surface area contributed by atoms with Gasteiger partial charge in [0.25, 0.3) is 11.8 Å². The minimum absolute atomic E-state index is 0.280. The second-order valence-electron chi connectivity index (χ2n) is 8.71. The van der Waals surface area contributed by atoms with Crippen molar-refractivity contribution in [2.75, 3.05) is 23.0 Å². The standard InChI is InChI=1S/C29H28N2O3/c1-3-19-34-23-16-14-22(15-17-23)26-27(30-18-8-11-21-10-5-7-13-25(21)30)29(33)31(28(26)32)24-12-6-4-9-20(24)2/h4-7,9-10,12-17H,3,8,11,18-19H2,1-2H3. The van der Waals surface area contributed by atoms with Gasteiger partial charge >= 0.3 is 0 Å². The summed E-state index contributed by atoms with van der Waals surface area (Å²) in [4.78, 5) is 31.2. The van der Waals surface area contributed by atoms with Gasteiger partial charge in [-0.3, -0.25) is 9.59 Å². The van der Waals surface area contributed by atoms with E-state index in [4.69, 9.17) is 4.74 Å². The minimum atomic E-state index is -0.292. The Hall–Kier alpha value is -3.86. The molecular weight excluding hydrogens is 424 g/mol. The van der Waals surface area contributed by atoms with Gasteiger partial charge in [-0.2, -0.15) is 0 Å². The highest BCUT2D eigenvalue weighted by atomic mass is 16.5. The first kappa shape index (κ1) is 22.0. The van der Waals surface area contributed by atoms with Gasteiger partial charge in [0.1, 0.15) is 11.4 Å². The van der Waals surface area contributed by atoms with Gasteiger partial charge in [0.15, 0.2) is 0 Å². The number of anilines is 2. The molecule has 2 aliphatic rings. The van der Waals surface area contributed by atoms with Crippen LogP contribution in [-0.4, -0.2) is 25.0 Å². The van der Waals surface area contributed by atoms with E-state index in [1.165, 1.54) is 10.5 Å². The molecule has 0 spiro atoms. The third-order valence-electron chi connectivity index (χ3n) is 6.41. The fourth-order valence-electron chi connectivity index (χ4n) is 4.77. The Kier molecular flexibility index (Phi) is 5.93. The highest BCUT2D eigenvalue weighted by Crippen LogP contribution is 2.40. The number of hydrogen-bond acceptors (Lipinski definition) is 4. The number of carbonyl (C=O) groups excluding carboxylic acids is 2. The minimum Gasteiger partial charge on any atom is -0.494 e. The average molecular weight is 453 g/mol. The lowest BCUT2D eigenvalue weighted by atomic mass is 9.98. The van der Waals surface area contributed by atoms with Crippen LogP contribution in [0.4, 0.5) is 11.4 Å². The first-order chi connectivity index (χ1) is 16.6. The number of hydrogen-bond donors (Lipinski definition) is 0. The van der Waals surface area contributed by atoms with E-state index in [1.807, 2.05) is 78.6 Å². The van der Waals surface area contributed by atoms with Gasteiger partial charge in [-0.05, 0) is 67.1 Å². The maximum Gasteiger partial charge on any atom is 0.282 e. The van der Waals surface area contributed by atoms with Crippen molar-refractivity contribution in [1.29, 1.82) is 0 Å². The predicted molar refractivity (Wildman–Crippen MR) is 135 cm³/mol. The lowest BCUT2D eigenvalue weighted by Gasteiger charge is -2.32. The number of para-hydroxylation sites is 2. The van der Waals surface area contributed by atoms with Crippen LogP contribution in [0.25, 0.3) is 5.57 Å². The third kappa shape index (κ3) is 3.77. The monoisotopic (exact) mass is 452 g/mol. The second-order valence-corrected chi connectivity index (χ2v) is 8.71. The van der Waals surface area contributed by atoms with E-state index in [9.17, 15) is 9.59 Å². The molecule has 0 atom stereocenters. The lowest BCUT2D eigenvalue weighted by Crippen LogP contribution is -2.37. The molecule has 0 aliphatic carbocycles. The molecule has 34 heavy (non-hydrogen) atoms. The maximum absolute atomic E-state index is 14.0. The Morgan fingerprint density at radius 2 is 1.56 bits per heavy atom. The normalized spacial score (nSPS) is 15.7. The van der Waals surface area contributed by atoms with Crippen LogP contribution < -0.4 is 14.5 Å². The zero-order valence-corrected chi connectivity index (χ0v) is 19.6. The van der Waals surface area contributed by atoms with E-state index >= 15 is 0 Å². The van der Waals surface area contributed by atoms with E-state index in [0.717, 1.165) is 41.8 Å². The molecule has 5 nitrogen and oxygen atoms in total. The van der Waals surface area contributed by atoms with Gasteiger partial charge < -0.3 is 9.64 Å². The Morgan fingerprint density at radius 1 is 0.853 bits per heavy atom. The molecule has 172 valence electrons. The van der Waals surface area contributed by atoms with Gasteiger partial charge in [0.05, 0.1) is 17.9 Å². The molecular formula is C29H28N2O3. The number of carbonyl (C=O) groups is 2. The summed E-state index contributed by atoms with van der Waals surface area (Å²) >= 11 is 0.